The van der Waals surface area contributed by atoms with Crippen LogP contribution < -0.4 is 15.4 Å². The lowest BCUT2D eigenvalue weighted by atomic mass is 10.1. The van der Waals surface area contributed by atoms with Gasteiger partial charge in [0.25, 0.3) is 5.91 Å². The first kappa shape index (κ1) is 20.7. The lowest BCUT2D eigenvalue weighted by Gasteiger charge is -2.10. The maximum absolute atomic E-state index is 12.3. The van der Waals surface area contributed by atoms with Crippen molar-refractivity contribution in [1.29, 1.82) is 0 Å². The van der Waals surface area contributed by atoms with Gasteiger partial charge in [-0.2, -0.15) is 0 Å². The van der Waals surface area contributed by atoms with E-state index < -0.39 is 0 Å². The topological polar surface area (TPSA) is 63.5 Å². The zero-order valence-electron chi connectivity index (χ0n) is 17.0. The molecular formula is C24H28N2O3. The van der Waals surface area contributed by atoms with Crippen LogP contribution in [0.5, 0.6) is 5.75 Å². The van der Waals surface area contributed by atoms with Gasteiger partial charge in [-0.15, -0.1) is 0 Å². The average Bonchev–Trinajstić information content (AvgIpc) is 3.25. The Morgan fingerprint density at radius 1 is 0.966 bits per heavy atom. The SMILES string of the molecule is CC(C)COc1ccc(CNCc2cccc(C(=O)NCc3ccco3)c2)cc1. The van der Waals surface area contributed by atoms with Crippen LogP contribution in [-0.2, 0) is 19.6 Å². The highest BCUT2D eigenvalue weighted by molar-refractivity contribution is 5.94. The van der Waals surface area contributed by atoms with E-state index in [0.717, 1.165) is 30.2 Å². The van der Waals surface area contributed by atoms with E-state index in [9.17, 15) is 4.79 Å². The third-order valence-corrected chi connectivity index (χ3v) is 4.36. The molecule has 1 heterocycles. The second-order valence-electron chi connectivity index (χ2n) is 7.41. The molecule has 0 saturated carbocycles. The largest absolute Gasteiger partial charge is 0.493 e. The summed E-state index contributed by atoms with van der Waals surface area (Å²) < 4.78 is 10.9. The Kier molecular flexibility index (Phi) is 7.47. The van der Waals surface area contributed by atoms with Gasteiger partial charge >= 0.3 is 0 Å². The molecule has 2 N–H and O–H groups in total. The first-order valence-electron chi connectivity index (χ1n) is 9.92. The molecule has 152 valence electrons. The molecule has 0 spiro atoms. The number of nitrogens with one attached hydrogen (secondary N) is 2. The average molecular weight is 392 g/mol. The molecule has 29 heavy (non-hydrogen) atoms. The van der Waals surface area contributed by atoms with Crippen LogP contribution in [0.4, 0.5) is 0 Å². The highest BCUT2D eigenvalue weighted by Gasteiger charge is 2.07. The Morgan fingerprint density at radius 3 is 2.48 bits per heavy atom. The Hall–Kier alpha value is -3.05. The van der Waals surface area contributed by atoms with E-state index in [1.807, 2.05) is 42.5 Å². The van der Waals surface area contributed by atoms with Crippen LogP contribution in [-0.4, -0.2) is 12.5 Å². The van der Waals surface area contributed by atoms with Crippen molar-refractivity contribution in [3.05, 3.63) is 89.4 Å². The number of hydrogen-bond donors (Lipinski definition) is 2. The van der Waals surface area contributed by atoms with Gasteiger partial charge in [0.1, 0.15) is 11.5 Å². The summed E-state index contributed by atoms with van der Waals surface area (Å²) >= 11 is 0. The van der Waals surface area contributed by atoms with E-state index in [1.54, 1.807) is 12.3 Å². The van der Waals surface area contributed by atoms with E-state index in [0.29, 0.717) is 24.6 Å². The van der Waals surface area contributed by atoms with Crippen molar-refractivity contribution in [2.45, 2.75) is 33.5 Å². The summed E-state index contributed by atoms with van der Waals surface area (Å²) in [7, 11) is 0. The molecule has 0 atom stereocenters. The van der Waals surface area contributed by atoms with Crippen LogP contribution in [0.3, 0.4) is 0 Å². The van der Waals surface area contributed by atoms with Crippen LogP contribution in [0.2, 0.25) is 0 Å². The fraction of sp³-hybridized carbons (Fsp3) is 0.292. The lowest BCUT2D eigenvalue weighted by Crippen LogP contribution is -2.22. The highest BCUT2D eigenvalue weighted by atomic mass is 16.5. The molecule has 0 aliphatic heterocycles. The maximum atomic E-state index is 12.3. The number of carbonyl (C=O) groups excluding carboxylic acids is 1. The summed E-state index contributed by atoms with van der Waals surface area (Å²) in [6, 6.07) is 19.4. The van der Waals surface area contributed by atoms with E-state index in [4.69, 9.17) is 9.15 Å². The fourth-order valence-corrected chi connectivity index (χ4v) is 2.82. The summed E-state index contributed by atoms with van der Waals surface area (Å²) in [4.78, 5) is 12.3. The van der Waals surface area contributed by atoms with Crippen LogP contribution in [0.15, 0.2) is 71.3 Å². The van der Waals surface area contributed by atoms with Gasteiger partial charge in [-0.25, -0.2) is 0 Å². The van der Waals surface area contributed by atoms with E-state index in [2.05, 4.69) is 36.6 Å². The maximum Gasteiger partial charge on any atom is 0.251 e. The fourth-order valence-electron chi connectivity index (χ4n) is 2.82. The van der Waals surface area contributed by atoms with Crippen molar-refractivity contribution in [1.82, 2.24) is 10.6 Å². The highest BCUT2D eigenvalue weighted by Crippen LogP contribution is 2.13. The van der Waals surface area contributed by atoms with Crippen LogP contribution in [0.1, 0.15) is 41.1 Å². The van der Waals surface area contributed by atoms with Crippen LogP contribution in [0.25, 0.3) is 0 Å². The van der Waals surface area contributed by atoms with Gasteiger partial charge in [-0.3, -0.25) is 4.79 Å². The predicted molar refractivity (Wildman–Crippen MR) is 114 cm³/mol. The standard InChI is InChI=1S/C24H28N2O3/c1-18(2)17-29-22-10-8-19(9-11-22)14-25-15-20-5-3-6-21(13-20)24(27)26-16-23-7-4-12-28-23/h3-13,18,25H,14-17H2,1-2H3,(H,26,27). The molecule has 3 rings (SSSR count). The van der Waals surface area contributed by atoms with Crippen molar-refractivity contribution in [3.8, 4) is 5.75 Å². The zero-order valence-corrected chi connectivity index (χ0v) is 17.0. The molecule has 1 aromatic heterocycles. The van der Waals surface area contributed by atoms with Gasteiger partial charge < -0.3 is 19.8 Å². The monoisotopic (exact) mass is 392 g/mol. The van der Waals surface area contributed by atoms with Gasteiger partial charge in [0.2, 0.25) is 0 Å². The van der Waals surface area contributed by atoms with Gasteiger partial charge in [0.05, 0.1) is 19.4 Å². The molecule has 5 heteroatoms. The number of hydrogen-bond acceptors (Lipinski definition) is 4. The third-order valence-electron chi connectivity index (χ3n) is 4.36. The Balaban J connectivity index is 1.46. The first-order valence-corrected chi connectivity index (χ1v) is 9.92. The second kappa shape index (κ2) is 10.5. The molecule has 0 aliphatic carbocycles. The second-order valence-corrected chi connectivity index (χ2v) is 7.41. The van der Waals surface area contributed by atoms with Crippen molar-refractivity contribution < 1.29 is 13.9 Å². The van der Waals surface area contributed by atoms with Crippen molar-refractivity contribution in [2.75, 3.05) is 6.61 Å². The zero-order chi connectivity index (χ0) is 20.5. The molecule has 0 aliphatic rings. The summed E-state index contributed by atoms with van der Waals surface area (Å²) in [6.07, 6.45) is 1.60. The van der Waals surface area contributed by atoms with Crippen molar-refractivity contribution >= 4 is 5.91 Å². The van der Waals surface area contributed by atoms with Crippen LogP contribution in [0, 0.1) is 5.92 Å². The molecule has 3 aromatic rings. The number of amides is 1. The van der Waals surface area contributed by atoms with Crippen molar-refractivity contribution in [3.63, 3.8) is 0 Å². The third kappa shape index (κ3) is 6.80. The Bertz CT molecular complexity index is 887. The molecule has 1 amide bonds. The van der Waals surface area contributed by atoms with Gasteiger partial charge in [0.15, 0.2) is 0 Å². The lowest BCUT2D eigenvalue weighted by molar-refractivity contribution is 0.0948. The predicted octanol–water partition coefficient (Wildman–Crippen LogP) is 4.53. The molecule has 0 bridgehead atoms. The summed E-state index contributed by atoms with van der Waals surface area (Å²) in [5, 5.41) is 6.29. The minimum Gasteiger partial charge on any atom is -0.493 e. The van der Waals surface area contributed by atoms with Crippen LogP contribution >= 0.6 is 0 Å². The minimum atomic E-state index is -0.111. The van der Waals surface area contributed by atoms with E-state index in [-0.39, 0.29) is 5.91 Å². The summed E-state index contributed by atoms with van der Waals surface area (Å²) in [5.74, 6) is 2.03. The van der Waals surface area contributed by atoms with Gasteiger partial charge in [-0.1, -0.05) is 38.1 Å². The molecule has 2 aromatic carbocycles. The van der Waals surface area contributed by atoms with Gasteiger partial charge in [0, 0.05) is 18.7 Å². The summed E-state index contributed by atoms with van der Waals surface area (Å²) in [5.41, 5.74) is 2.89. The minimum absolute atomic E-state index is 0.111. The van der Waals surface area contributed by atoms with Gasteiger partial charge in [-0.05, 0) is 53.4 Å². The molecule has 0 radical (unpaired) electrons. The Morgan fingerprint density at radius 2 is 1.76 bits per heavy atom. The number of rotatable bonds is 10. The van der Waals surface area contributed by atoms with E-state index >= 15 is 0 Å². The van der Waals surface area contributed by atoms with Crippen molar-refractivity contribution in [2.24, 2.45) is 5.92 Å². The number of carbonyl (C=O) groups is 1. The molecule has 0 saturated heterocycles. The molecular weight excluding hydrogens is 364 g/mol. The summed E-state index contributed by atoms with van der Waals surface area (Å²) in [6.45, 7) is 6.81. The number of furan rings is 1. The quantitative estimate of drug-likeness (QED) is 0.532. The molecule has 0 fully saturated rings. The first-order chi connectivity index (χ1) is 14.1. The van der Waals surface area contributed by atoms with E-state index in [1.165, 1.54) is 5.56 Å². The molecule has 5 nitrogen and oxygen atoms in total. The number of benzene rings is 2. The molecule has 0 unspecified atom stereocenters. The number of ether oxygens (including phenoxy) is 1. The smallest absolute Gasteiger partial charge is 0.251 e. The Labute approximate surface area is 172 Å². The normalized spacial score (nSPS) is 10.9.